The third kappa shape index (κ3) is 4.62. The molecule has 1 aromatic heterocycles. The molecule has 0 radical (unpaired) electrons. The van der Waals surface area contributed by atoms with E-state index in [1.807, 2.05) is 30.3 Å². The largest absolute Gasteiger partial charge is 0.459 e. The SMILES string of the molecule is O=C(Nc1ccc(N2CCN(C(=O)c3ccco3)CC2)c(Cl)c1)c1cccc(I)c1. The Morgan fingerprint density at radius 3 is 2.47 bits per heavy atom. The van der Waals surface area contributed by atoms with Crippen molar-refractivity contribution in [3.8, 4) is 0 Å². The Bertz CT molecular complexity index is 1060. The first-order valence-electron chi connectivity index (χ1n) is 9.45. The normalized spacial score (nSPS) is 13.9. The molecule has 0 aliphatic carbocycles. The fourth-order valence-corrected chi connectivity index (χ4v) is 4.22. The minimum absolute atomic E-state index is 0.0978. The van der Waals surface area contributed by atoms with Gasteiger partial charge >= 0.3 is 0 Å². The first-order valence-corrected chi connectivity index (χ1v) is 10.9. The van der Waals surface area contributed by atoms with E-state index in [0.29, 0.717) is 48.2 Å². The fourth-order valence-electron chi connectivity index (χ4n) is 3.38. The number of nitrogens with zero attached hydrogens (tertiary/aromatic N) is 2. The molecule has 1 aliphatic rings. The van der Waals surface area contributed by atoms with Crippen molar-refractivity contribution in [1.29, 1.82) is 0 Å². The van der Waals surface area contributed by atoms with Crippen molar-refractivity contribution in [1.82, 2.24) is 4.90 Å². The van der Waals surface area contributed by atoms with Gasteiger partial charge in [-0.1, -0.05) is 17.7 Å². The fraction of sp³-hybridized carbons (Fsp3) is 0.182. The first kappa shape index (κ1) is 20.7. The molecule has 1 fully saturated rings. The van der Waals surface area contributed by atoms with Crippen LogP contribution in [0.4, 0.5) is 11.4 Å². The minimum atomic E-state index is -0.178. The third-order valence-electron chi connectivity index (χ3n) is 4.93. The summed E-state index contributed by atoms with van der Waals surface area (Å²) in [6.07, 6.45) is 1.50. The number of hydrogen-bond acceptors (Lipinski definition) is 4. The predicted molar refractivity (Wildman–Crippen MR) is 125 cm³/mol. The van der Waals surface area contributed by atoms with Gasteiger partial charge in [0.25, 0.3) is 11.8 Å². The molecule has 1 N–H and O–H groups in total. The summed E-state index contributed by atoms with van der Waals surface area (Å²) in [6.45, 7) is 2.50. The van der Waals surface area contributed by atoms with Gasteiger partial charge in [0.05, 0.1) is 17.0 Å². The number of furan rings is 1. The Balaban J connectivity index is 1.39. The summed E-state index contributed by atoms with van der Waals surface area (Å²) in [5.74, 6) is 0.0800. The summed E-state index contributed by atoms with van der Waals surface area (Å²) in [5, 5.41) is 3.44. The topological polar surface area (TPSA) is 65.8 Å². The highest BCUT2D eigenvalue weighted by molar-refractivity contribution is 14.1. The maximum atomic E-state index is 12.4. The van der Waals surface area contributed by atoms with Crippen molar-refractivity contribution in [2.24, 2.45) is 0 Å². The molecule has 2 aromatic carbocycles. The molecule has 30 heavy (non-hydrogen) atoms. The summed E-state index contributed by atoms with van der Waals surface area (Å²) in [5.41, 5.74) is 2.12. The lowest BCUT2D eigenvalue weighted by Gasteiger charge is -2.36. The Labute approximate surface area is 192 Å². The van der Waals surface area contributed by atoms with E-state index >= 15 is 0 Å². The van der Waals surface area contributed by atoms with Crippen LogP contribution in [0.1, 0.15) is 20.9 Å². The molecule has 0 unspecified atom stereocenters. The van der Waals surface area contributed by atoms with Crippen LogP contribution in [-0.4, -0.2) is 42.9 Å². The van der Waals surface area contributed by atoms with Crippen molar-refractivity contribution < 1.29 is 14.0 Å². The second kappa shape index (κ2) is 9.09. The Kier molecular flexibility index (Phi) is 6.29. The lowest BCUT2D eigenvalue weighted by molar-refractivity contribution is 0.0714. The van der Waals surface area contributed by atoms with Crippen LogP contribution < -0.4 is 10.2 Å². The summed E-state index contributed by atoms with van der Waals surface area (Å²) < 4.78 is 6.20. The van der Waals surface area contributed by atoms with Crippen LogP contribution in [0.25, 0.3) is 0 Å². The van der Waals surface area contributed by atoms with Crippen LogP contribution in [0.3, 0.4) is 0 Å². The van der Waals surface area contributed by atoms with Crippen molar-refractivity contribution >= 4 is 57.4 Å². The number of carbonyl (C=O) groups is 2. The van der Waals surface area contributed by atoms with E-state index < -0.39 is 0 Å². The van der Waals surface area contributed by atoms with Crippen molar-refractivity contribution in [3.63, 3.8) is 0 Å². The van der Waals surface area contributed by atoms with Gasteiger partial charge in [-0.05, 0) is 71.1 Å². The summed E-state index contributed by atoms with van der Waals surface area (Å²) in [4.78, 5) is 28.8. The molecule has 4 rings (SSSR count). The van der Waals surface area contributed by atoms with E-state index in [1.54, 1.807) is 29.2 Å². The number of benzene rings is 2. The summed E-state index contributed by atoms with van der Waals surface area (Å²) >= 11 is 8.68. The molecular weight excluding hydrogens is 517 g/mol. The second-order valence-electron chi connectivity index (χ2n) is 6.89. The highest BCUT2D eigenvalue weighted by Gasteiger charge is 2.24. The molecule has 0 saturated carbocycles. The molecule has 0 spiro atoms. The second-order valence-corrected chi connectivity index (χ2v) is 8.54. The summed E-state index contributed by atoms with van der Waals surface area (Å²) in [7, 11) is 0. The Morgan fingerprint density at radius 1 is 1.00 bits per heavy atom. The average Bonchev–Trinajstić information content (AvgIpc) is 3.28. The van der Waals surface area contributed by atoms with Gasteiger partial charge in [0, 0.05) is 41.0 Å². The average molecular weight is 536 g/mol. The zero-order valence-corrected chi connectivity index (χ0v) is 18.9. The van der Waals surface area contributed by atoms with Gasteiger partial charge < -0.3 is 19.5 Å². The van der Waals surface area contributed by atoms with Gasteiger partial charge in [-0.15, -0.1) is 0 Å². The van der Waals surface area contributed by atoms with E-state index in [0.717, 1.165) is 9.26 Å². The first-order chi connectivity index (χ1) is 14.5. The third-order valence-corrected chi connectivity index (χ3v) is 5.91. The monoisotopic (exact) mass is 535 g/mol. The van der Waals surface area contributed by atoms with Gasteiger partial charge in [-0.2, -0.15) is 0 Å². The zero-order chi connectivity index (χ0) is 21.1. The number of amides is 2. The van der Waals surface area contributed by atoms with E-state index in [-0.39, 0.29) is 11.8 Å². The zero-order valence-electron chi connectivity index (χ0n) is 16.0. The molecule has 1 saturated heterocycles. The lowest BCUT2D eigenvalue weighted by atomic mass is 10.2. The smallest absolute Gasteiger partial charge is 0.289 e. The van der Waals surface area contributed by atoms with Gasteiger partial charge in [-0.25, -0.2) is 0 Å². The number of nitrogens with one attached hydrogen (secondary N) is 1. The summed E-state index contributed by atoms with van der Waals surface area (Å²) in [6, 6.07) is 16.3. The van der Waals surface area contributed by atoms with Crippen molar-refractivity contribution in [2.45, 2.75) is 0 Å². The molecule has 2 amide bonds. The molecule has 0 bridgehead atoms. The van der Waals surface area contributed by atoms with Crippen molar-refractivity contribution in [3.05, 3.63) is 80.8 Å². The van der Waals surface area contributed by atoms with Crippen LogP contribution in [0.5, 0.6) is 0 Å². The van der Waals surface area contributed by atoms with Crippen LogP contribution in [-0.2, 0) is 0 Å². The molecular formula is C22H19ClIN3O3. The van der Waals surface area contributed by atoms with Crippen molar-refractivity contribution in [2.75, 3.05) is 36.4 Å². The number of rotatable bonds is 4. The number of hydrogen-bond donors (Lipinski definition) is 1. The van der Waals surface area contributed by atoms with Gasteiger partial charge in [-0.3, -0.25) is 9.59 Å². The molecule has 3 aromatic rings. The highest BCUT2D eigenvalue weighted by atomic mass is 127. The van der Waals surface area contributed by atoms with E-state index in [2.05, 4.69) is 32.8 Å². The number of halogens is 2. The van der Waals surface area contributed by atoms with E-state index in [1.165, 1.54) is 6.26 Å². The van der Waals surface area contributed by atoms with E-state index in [9.17, 15) is 9.59 Å². The van der Waals surface area contributed by atoms with Crippen LogP contribution in [0, 0.1) is 3.57 Å². The number of carbonyl (C=O) groups excluding carboxylic acids is 2. The molecule has 154 valence electrons. The van der Waals surface area contributed by atoms with Crippen LogP contribution >= 0.6 is 34.2 Å². The maximum absolute atomic E-state index is 12.4. The van der Waals surface area contributed by atoms with Gasteiger partial charge in [0.2, 0.25) is 0 Å². The molecule has 2 heterocycles. The maximum Gasteiger partial charge on any atom is 0.289 e. The highest BCUT2D eigenvalue weighted by Crippen LogP contribution is 2.30. The molecule has 6 nitrogen and oxygen atoms in total. The van der Waals surface area contributed by atoms with Gasteiger partial charge in [0.1, 0.15) is 0 Å². The standard InChI is InChI=1S/C22H19ClIN3O3/c23-18-14-17(25-21(28)15-3-1-4-16(24)13-15)6-7-19(18)26-8-10-27(11-9-26)22(29)20-5-2-12-30-20/h1-7,12-14H,8-11H2,(H,25,28). The number of piperazine rings is 1. The van der Waals surface area contributed by atoms with Crippen LogP contribution in [0.15, 0.2) is 65.3 Å². The molecule has 0 atom stereocenters. The predicted octanol–water partition coefficient (Wildman–Crippen LogP) is 4.75. The molecule has 8 heteroatoms. The quantitative estimate of drug-likeness (QED) is 0.490. The van der Waals surface area contributed by atoms with Gasteiger partial charge in [0.15, 0.2) is 5.76 Å². The molecule has 1 aliphatic heterocycles. The van der Waals surface area contributed by atoms with Crippen LogP contribution in [0.2, 0.25) is 5.02 Å². The van der Waals surface area contributed by atoms with E-state index in [4.69, 9.17) is 16.0 Å². The number of anilines is 2. The Hall–Kier alpha value is -2.52. The Morgan fingerprint density at radius 2 is 1.80 bits per heavy atom. The minimum Gasteiger partial charge on any atom is -0.459 e. The lowest BCUT2D eigenvalue weighted by Crippen LogP contribution is -2.48.